The third kappa shape index (κ3) is 3.38. The van der Waals surface area contributed by atoms with Crippen LogP contribution in [-0.2, 0) is 16.0 Å². The molecule has 0 radical (unpaired) electrons. The van der Waals surface area contributed by atoms with Crippen molar-refractivity contribution in [3.05, 3.63) is 29.6 Å². The van der Waals surface area contributed by atoms with Crippen LogP contribution in [0.5, 0.6) is 0 Å². The summed E-state index contributed by atoms with van der Waals surface area (Å²) in [6.45, 7) is 1.87. The normalized spacial score (nSPS) is 11.8. The van der Waals surface area contributed by atoms with Gasteiger partial charge in [0.15, 0.2) is 0 Å². The Bertz CT molecular complexity index is 365. The third-order valence-corrected chi connectivity index (χ3v) is 1.94. The molecule has 0 bridgehead atoms. The molecular weight excluding hydrogens is 196 g/mol. The molecule has 5 heteroatoms. The Morgan fingerprint density at radius 3 is 2.93 bits per heavy atom. The molecule has 1 amide bonds. The average molecular weight is 208 g/mol. The van der Waals surface area contributed by atoms with E-state index in [1.807, 2.05) is 13.0 Å². The van der Waals surface area contributed by atoms with Gasteiger partial charge >= 0.3 is 5.97 Å². The van der Waals surface area contributed by atoms with Gasteiger partial charge < -0.3 is 10.4 Å². The van der Waals surface area contributed by atoms with Crippen LogP contribution in [0.1, 0.15) is 11.1 Å². The zero-order chi connectivity index (χ0) is 11.3. The van der Waals surface area contributed by atoms with E-state index in [0.717, 1.165) is 11.1 Å². The minimum absolute atomic E-state index is 0.239. The first-order valence-corrected chi connectivity index (χ1v) is 4.46. The molecule has 1 rings (SSSR count). The number of carbonyl (C=O) groups is 2. The first kappa shape index (κ1) is 11.2. The average Bonchev–Trinajstić information content (AvgIpc) is 2.17. The number of nitrogens with zero attached hydrogens (tertiary/aromatic N) is 1. The van der Waals surface area contributed by atoms with Crippen LogP contribution >= 0.6 is 0 Å². The topological polar surface area (TPSA) is 79.3 Å². The Kier molecular flexibility index (Phi) is 3.79. The molecule has 0 saturated carbocycles. The molecule has 5 nitrogen and oxygen atoms in total. The number of pyridine rings is 1. The van der Waals surface area contributed by atoms with Crippen LogP contribution in [0.2, 0.25) is 0 Å². The predicted molar refractivity (Wildman–Crippen MR) is 53.3 cm³/mol. The SMILES string of the molecule is Cc1cncc(CC(NC=O)C(=O)O)c1. The van der Waals surface area contributed by atoms with Gasteiger partial charge in [0, 0.05) is 18.8 Å². The molecule has 80 valence electrons. The molecule has 1 unspecified atom stereocenters. The van der Waals surface area contributed by atoms with E-state index in [-0.39, 0.29) is 6.42 Å². The maximum absolute atomic E-state index is 10.7. The molecular formula is C10H12N2O3. The number of aliphatic carboxylic acids is 1. The van der Waals surface area contributed by atoms with Crippen LogP contribution in [0, 0.1) is 6.92 Å². The molecule has 1 aromatic rings. The highest BCUT2D eigenvalue weighted by atomic mass is 16.4. The van der Waals surface area contributed by atoms with Gasteiger partial charge in [-0.2, -0.15) is 0 Å². The minimum atomic E-state index is -1.05. The zero-order valence-electron chi connectivity index (χ0n) is 8.30. The number of hydrogen-bond donors (Lipinski definition) is 2. The van der Waals surface area contributed by atoms with Gasteiger partial charge in [0.05, 0.1) is 0 Å². The highest BCUT2D eigenvalue weighted by Gasteiger charge is 2.16. The lowest BCUT2D eigenvalue weighted by atomic mass is 10.1. The Hall–Kier alpha value is -1.91. The van der Waals surface area contributed by atoms with Gasteiger partial charge in [0.1, 0.15) is 6.04 Å². The Morgan fingerprint density at radius 1 is 1.67 bits per heavy atom. The zero-order valence-corrected chi connectivity index (χ0v) is 8.30. The van der Waals surface area contributed by atoms with Crippen molar-refractivity contribution in [1.82, 2.24) is 10.3 Å². The number of carboxylic acid groups (broad SMARTS) is 1. The summed E-state index contributed by atoms with van der Waals surface area (Å²) in [5.74, 6) is -1.05. The Labute approximate surface area is 87.1 Å². The van der Waals surface area contributed by atoms with Crippen molar-refractivity contribution in [2.75, 3.05) is 0 Å². The van der Waals surface area contributed by atoms with E-state index in [9.17, 15) is 9.59 Å². The van der Waals surface area contributed by atoms with Gasteiger partial charge in [-0.15, -0.1) is 0 Å². The fourth-order valence-electron chi connectivity index (χ4n) is 1.26. The van der Waals surface area contributed by atoms with Crippen LogP contribution in [-0.4, -0.2) is 28.5 Å². The standard InChI is InChI=1S/C10H12N2O3/c1-7-2-8(5-11-4-7)3-9(10(14)15)12-6-13/h2,4-6,9H,3H2,1H3,(H,12,13)(H,14,15). The van der Waals surface area contributed by atoms with Crippen molar-refractivity contribution in [2.24, 2.45) is 0 Å². The molecule has 0 aliphatic carbocycles. The van der Waals surface area contributed by atoms with E-state index in [1.165, 1.54) is 0 Å². The highest BCUT2D eigenvalue weighted by molar-refractivity contribution is 5.76. The number of rotatable bonds is 5. The molecule has 1 aromatic heterocycles. The number of amides is 1. The number of nitrogens with one attached hydrogen (secondary N) is 1. The summed E-state index contributed by atoms with van der Waals surface area (Å²) in [6.07, 6.45) is 3.91. The van der Waals surface area contributed by atoms with Crippen molar-refractivity contribution >= 4 is 12.4 Å². The van der Waals surface area contributed by atoms with Crippen LogP contribution in [0.3, 0.4) is 0 Å². The fraction of sp³-hybridized carbons (Fsp3) is 0.300. The lowest BCUT2D eigenvalue weighted by Gasteiger charge is -2.10. The van der Waals surface area contributed by atoms with Crippen LogP contribution in [0.15, 0.2) is 18.5 Å². The summed E-state index contributed by atoms with van der Waals surface area (Å²) in [5.41, 5.74) is 1.75. The second-order valence-electron chi connectivity index (χ2n) is 3.25. The molecule has 0 saturated heterocycles. The summed E-state index contributed by atoms with van der Waals surface area (Å²) in [6, 6.07) is 0.946. The minimum Gasteiger partial charge on any atom is -0.480 e. The van der Waals surface area contributed by atoms with Gasteiger partial charge in [-0.1, -0.05) is 6.07 Å². The number of aryl methyl sites for hydroxylation is 1. The predicted octanol–water partition coefficient (Wildman–Crippen LogP) is 0.132. The first-order chi connectivity index (χ1) is 7.13. The summed E-state index contributed by atoms with van der Waals surface area (Å²) in [5, 5.41) is 11.0. The maximum atomic E-state index is 10.7. The molecule has 2 N–H and O–H groups in total. The molecule has 0 spiro atoms. The van der Waals surface area contributed by atoms with E-state index in [0.29, 0.717) is 6.41 Å². The van der Waals surface area contributed by atoms with Crippen LogP contribution in [0.4, 0.5) is 0 Å². The summed E-state index contributed by atoms with van der Waals surface area (Å²) >= 11 is 0. The van der Waals surface area contributed by atoms with Crippen molar-refractivity contribution in [3.8, 4) is 0 Å². The Balaban J connectivity index is 2.73. The summed E-state index contributed by atoms with van der Waals surface area (Å²) in [7, 11) is 0. The van der Waals surface area contributed by atoms with Gasteiger partial charge in [-0.05, 0) is 18.1 Å². The second-order valence-corrected chi connectivity index (χ2v) is 3.25. The highest BCUT2D eigenvalue weighted by Crippen LogP contribution is 2.04. The smallest absolute Gasteiger partial charge is 0.326 e. The first-order valence-electron chi connectivity index (χ1n) is 4.46. The fourth-order valence-corrected chi connectivity index (χ4v) is 1.26. The molecule has 0 aromatic carbocycles. The van der Waals surface area contributed by atoms with Crippen LogP contribution in [0.25, 0.3) is 0 Å². The van der Waals surface area contributed by atoms with E-state index < -0.39 is 12.0 Å². The lowest BCUT2D eigenvalue weighted by molar-refractivity contribution is -0.140. The largest absolute Gasteiger partial charge is 0.480 e. The summed E-state index contributed by atoms with van der Waals surface area (Å²) < 4.78 is 0. The van der Waals surface area contributed by atoms with Gasteiger partial charge in [0.25, 0.3) is 0 Å². The van der Waals surface area contributed by atoms with Crippen molar-refractivity contribution < 1.29 is 14.7 Å². The quantitative estimate of drug-likeness (QED) is 0.674. The summed E-state index contributed by atoms with van der Waals surface area (Å²) in [4.78, 5) is 24.9. The molecule has 0 aliphatic heterocycles. The number of carbonyl (C=O) groups excluding carboxylic acids is 1. The van der Waals surface area contributed by atoms with Crippen molar-refractivity contribution in [3.63, 3.8) is 0 Å². The molecule has 15 heavy (non-hydrogen) atoms. The number of hydrogen-bond acceptors (Lipinski definition) is 3. The third-order valence-electron chi connectivity index (χ3n) is 1.94. The maximum Gasteiger partial charge on any atom is 0.326 e. The van der Waals surface area contributed by atoms with E-state index in [4.69, 9.17) is 5.11 Å². The van der Waals surface area contributed by atoms with Crippen molar-refractivity contribution in [2.45, 2.75) is 19.4 Å². The lowest BCUT2D eigenvalue weighted by Crippen LogP contribution is -2.37. The van der Waals surface area contributed by atoms with Gasteiger partial charge in [0.2, 0.25) is 6.41 Å². The van der Waals surface area contributed by atoms with Crippen molar-refractivity contribution in [1.29, 1.82) is 0 Å². The van der Waals surface area contributed by atoms with E-state index in [2.05, 4.69) is 10.3 Å². The Morgan fingerprint density at radius 2 is 2.40 bits per heavy atom. The van der Waals surface area contributed by atoms with Gasteiger partial charge in [-0.3, -0.25) is 9.78 Å². The second kappa shape index (κ2) is 5.09. The number of carboxylic acids is 1. The number of aromatic nitrogens is 1. The van der Waals surface area contributed by atoms with E-state index >= 15 is 0 Å². The molecule has 1 heterocycles. The van der Waals surface area contributed by atoms with Crippen LogP contribution < -0.4 is 5.32 Å². The molecule has 0 aliphatic rings. The van der Waals surface area contributed by atoms with Gasteiger partial charge in [-0.25, -0.2) is 4.79 Å². The molecule has 0 fully saturated rings. The molecule has 1 atom stereocenters. The van der Waals surface area contributed by atoms with E-state index in [1.54, 1.807) is 12.4 Å². The monoisotopic (exact) mass is 208 g/mol.